The molecule has 2 atom stereocenters. The Morgan fingerprint density at radius 1 is 1.23 bits per heavy atom. The van der Waals surface area contributed by atoms with Crippen molar-refractivity contribution in [1.82, 2.24) is 9.88 Å². The number of hydrogen-bond acceptors (Lipinski definition) is 5. The fourth-order valence-corrected chi connectivity index (χ4v) is 3.14. The van der Waals surface area contributed by atoms with Gasteiger partial charge in [-0.15, -0.1) is 0 Å². The molecule has 2 rings (SSSR count). The lowest BCUT2D eigenvalue weighted by Crippen LogP contribution is -2.42. The minimum Gasteiger partial charge on any atom is -0.497 e. The first-order valence-electron chi connectivity index (χ1n) is 9.53. The van der Waals surface area contributed by atoms with Crippen LogP contribution in [0.2, 0.25) is 0 Å². The number of nitrogens with one attached hydrogen (secondary N) is 1. The Balaban J connectivity index is 2.06. The summed E-state index contributed by atoms with van der Waals surface area (Å²) in [5, 5.41) is 15.0. The number of nitrogens with zero attached hydrogens (tertiary/aromatic N) is 2. The summed E-state index contributed by atoms with van der Waals surface area (Å²) in [6.45, 7) is 11.0. The number of ether oxygens (including phenoxy) is 1. The molecule has 0 radical (unpaired) electrons. The molecule has 0 aliphatic heterocycles. The zero-order chi connectivity index (χ0) is 19.1. The Labute approximate surface area is 157 Å². The van der Waals surface area contributed by atoms with Crippen molar-refractivity contribution >= 4 is 16.6 Å². The first-order chi connectivity index (χ1) is 12.4. The Hall–Kier alpha value is -1.85. The Bertz CT molecular complexity index is 690. The van der Waals surface area contributed by atoms with Crippen LogP contribution in [0.3, 0.4) is 0 Å². The van der Waals surface area contributed by atoms with E-state index in [2.05, 4.69) is 42.9 Å². The molecule has 5 heteroatoms. The van der Waals surface area contributed by atoms with Crippen LogP contribution in [0.4, 0.5) is 5.69 Å². The second kappa shape index (κ2) is 9.74. The van der Waals surface area contributed by atoms with Crippen LogP contribution in [-0.4, -0.2) is 53.9 Å². The van der Waals surface area contributed by atoms with Gasteiger partial charge in [-0.2, -0.15) is 0 Å². The largest absolute Gasteiger partial charge is 0.497 e. The van der Waals surface area contributed by atoms with E-state index >= 15 is 0 Å². The molecule has 26 heavy (non-hydrogen) atoms. The molecule has 2 aromatic rings. The summed E-state index contributed by atoms with van der Waals surface area (Å²) in [5.41, 5.74) is 1.78. The van der Waals surface area contributed by atoms with E-state index in [1.807, 2.05) is 24.3 Å². The van der Waals surface area contributed by atoms with Gasteiger partial charge in [0.25, 0.3) is 0 Å². The third-order valence-corrected chi connectivity index (χ3v) is 4.70. The summed E-state index contributed by atoms with van der Waals surface area (Å²) in [6, 6.07) is 8.29. The van der Waals surface area contributed by atoms with Crippen molar-refractivity contribution in [1.29, 1.82) is 0 Å². The topological polar surface area (TPSA) is 57.6 Å². The van der Waals surface area contributed by atoms with E-state index in [1.54, 1.807) is 13.3 Å². The second-order valence-corrected chi connectivity index (χ2v) is 7.39. The van der Waals surface area contributed by atoms with Crippen LogP contribution in [0.5, 0.6) is 5.75 Å². The summed E-state index contributed by atoms with van der Waals surface area (Å²) < 4.78 is 5.39. The maximum absolute atomic E-state index is 10.6. The van der Waals surface area contributed by atoms with Crippen molar-refractivity contribution in [3.63, 3.8) is 0 Å². The number of rotatable bonds is 10. The number of pyridine rings is 1. The molecule has 1 aromatic carbocycles. The highest BCUT2D eigenvalue weighted by molar-refractivity contribution is 5.91. The summed E-state index contributed by atoms with van der Waals surface area (Å²) in [4.78, 5) is 6.84. The van der Waals surface area contributed by atoms with Crippen LogP contribution in [-0.2, 0) is 0 Å². The van der Waals surface area contributed by atoms with Gasteiger partial charge in [-0.3, -0.25) is 9.88 Å². The summed E-state index contributed by atoms with van der Waals surface area (Å²) in [7, 11) is 1.66. The molecule has 2 N–H and O–H groups in total. The van der Waals surface area contributed by atoms with Crippen LogP contribution >= 0.6 is 0 Å². The molecule has 0 saturated heterocycles. The third kappa shape index (κ3) is 5.58. The van der Waals surface area contributed by atoms with E-state index in [-0.39, 0.29) is 0 Å². The van der Waals surface area contributed by atoms with Crippen LogP contribution in [0.15, 0.2) is 30.5 Å². The molecule has 0 fully saturated rings. The fraction of sp³-hybridized carbons (Fsp3) is 0.571. The monoisotopic (exact) mass is 359 g/mol. The number of methoxy groups -OCH3 is 1. The molecule has 0 aliphatic rings. The number of aliphatic hydroxyl groups is 1. The molecule has 0 bridgehead atoms. The number of benzene rings is 1. The number of aliphatic hydroxyl groups excluding tert-OH is 1. The van der Waals surface area contributed by atoms with Gasteiger partial charge in [0.05, 0.1) is 24.4 Å². The molecule has 0 saturated carbocycles. The average Bonchev–Trinajstić information content (AvgIpc) is 2.64. The highest BCUT2D eigenvalue weighted by atomic mass is 16.5. The standard InChI is InChI=1S/C21H33N3O2/c1-6-16(4)24(13-15(2)3)14-18(25)12-23-20-11-19(26-5)10-17-8-7-9-22-21(17)20/h7-11,15-16,18,23,25H,6,12-14H2,1-5H3. The highest BCUT2D eigenvalue weighted by Gasteiger charge is 2.18. The molecule has 5 nitrogen and oxygen atoms in total. The molecular weight excluding hydrogens is 326 g/mol. The van der Waals surface area contributed by atoms with E-state index < -0.39 is 6.10 Å². The van der Waals surface area contributed by atoms with E-state index in [9.17, 15) is 5.11 Å². The summed E-state index contributed by atoms with van der Waals surface area (Å²) >= 11 is 0. The van der Waals surface area contributed by atoms with E-state index in [1.165, 1.54) is 0 Å². The van der Waals surface area contributed by atoms with Crippen LogP contribution in [0.25, 0.3) is 10.9 Å². The maximum atomic E-state index is 10.6. The van der Waals surface area contributed by atoms with Gasteiger partial charge in [-0.25, -0.2) is 0 Å². The second-order valence-electron chi connectivity index (χ2n) is 7.39. The molecule has 1 heterocycles. The van der Waals surface area contributed by atoms with Crippen molar-refractivity contribution in [3.05, 3.63) is 30.5 Å². The molecule has 0 aliphatic carbocycles. The van der Waals surface area contributed by atoms with Crippen molar-refractivity contribution in [2.75, 3.05) is 32.1 Å². The minimum absolute atomic E-state index is 0.451. The van der Waals surface area contributed by atoms with Gasteiger partial charge >= 0.3 is 0 Å². The van der Waals surface area contributed by atoms with Crippen molar-refractivity contribution in [2.24, 2.45) is 5.92 Å². The number of anilines is 1. The van der Waals surface area contributed by atoms with Crippen molar-refractivity contribution in [2.45, 2.75) is 46.3 Å². The predicted molar refractivity (Wildman–Crippen MR) is 109 cm³/mol. The van der Waals surface area contributed by atoms with Gasteiger partial charge in [-0.05, 0) is 31.4 Å². The lowest BCUT2D eigenvalue weighted by molar-refractivity contribution is 0.0890. The van der Waals surface area contributed by atoms with Gasteiger partial charge < -0.3 is 15.2 Å². The smallest absolute Gasteiger partial charge is 0.121 e. The number of hydrogen-bond donors (Lipinski definition) is 2. The molecule has 2 unspecified atom stereocenters. The van der Waals surface area contributed by atoms with Gasteiger partial charge in [0.15, 0.2) is 0 Å². The lowest BCUT2D eigenvalue weighted by Gasteiger charge is -2.32. The Kier molecular flexibility index (Phi) is 7.66. The summed E-state index contributed by atoms with van der Waals surface area (Å²) in [6.07, 6.45) is 2.41. The molecule has 0 spiro atoms. The van der Waals surface area contributed by atoms with Crippen LogP contribution in [0, 0.1) is 5.92 Å². The van der Waals surface area contributed by atoms with Crippen LogP contribution < -0.4 is 10.1 Å². The summed E-state index contributed by atoms with van der Waals surface area (Å²) in [5.74, 6) is 1.36. The minimum atomic E-state index is -0.451. The highest BCUT2D eigenvalue weighted by Crippen LogP contribution is 2.27. The zero-order valence-electron chi connectivity index (χ0n) is 16.7. The zero-order valence-corrected chi connectivity index (χ0v) is 16.7. The van der Waals surface area contributed by atoms with E-state index in [0.29, 0.717) is 25.0 Å². The van der Waals surface area contributed by atoms with Gasteiger partial charge in [0.1, 0.15) is 5.75 Å². The predicted octanol–water partition coefficient (Wildman–Crippen LogP) is 3.77. The number of aromatic nitrogens is 1. The quantitative estimate of drug-likeness (QED) is 0.676. The fourth-order valence-electron chi connectivity index (χ4n) is 3.14. The molecule has 0 amide bonds. The van der Waals surface area contributed by atoms with E-state index in [0.717, 1.165) is 35.3 Å². The van der Waals surface area contributed by atoms with Gasteiger partial charge in [0.2, 0.25) is 0 Å². The third-order valence-electron chi connectivity index (χ3n) is 4.70. The molecular formula is C21H33N3O2. The molecule has 144 valence electrons. The van der Waals surface area contributed by atoms with Crippen LogP contribution in [0.1, 0.15) is 34.1 Å². The normalized spacial score (nSPS) is 14.0. The molecule has 1 aromatic heterocycles. The Morgan fingerprint density at radius 3 is 2.65 bits per heavy atom. The lowest BCUT2D eigenvalue weighted by atomic mass is 10.1. The Morgan fingerprint density at radius 2 is 2.00 bits per heavy atom. The SMILES string of the molecule is CCC(C)N(CC(C)C)CC(O)CNc1cc(OC)cc2cccnc12. The van der Waals surface area contributed by atoms with Gasteiger partial charge in [0, 0.05) is 43.3 Å². The first kappa shape index (κ1) is 20.5. The van der Waals surface area contributed by atoms with Crippen molar-refractivity contribution in [3.8, 4) is 5.75 Å². The maximum Gasteiger partial charge on any atom is 0.121 e. The van der Waals surface area contributed by atoms with E-state index in [4.69, 9.17) is 4.74 Å². The van der Waals surface area contributed by atoms with Crippen molar-refractivity contribution < 1.29 is 9.84 Å². The first-order valence-corrected chi connectivity index (χ1v) is 9.53. The van der Waals surface area contributed by atoms with Gasteiger partial charge in [-0.1, -0.05) is 26.8 Å². The average molecular weight is 360 g/mol. The number of fused-ring (bicyclic) bond motifs is 1.